The number of likely N-dealkylation sites (tertiary alicyclic amines) is 1. The van der Waals surface area contributed by atoms with Crippen molar-refractivity contribution in [2.45, 2.75) is 38.3 Å². The highest BCUT2D eigenvalue weighted by atomic mass is 19.3. The molecule has 0 spiro atoms. The van der Waals surface area contributed by atoms with Crippen molar-refractivity contribution in [3.63, 3.8) is 0 Å². The van der Waals surface area contributed by atoms with Crippen LogP contribution < -0.4 is 5.32 Å². The van der Waals surface area contributed by atoms with Crippen molar-refractivity contribution in [2.24, 2.45) is 0 Å². The maximum Gasteiger partial charge on any atom is 0.407 e. The molecule has 18 heavy (non-hydrogen) atoms. The lowest BCUT2D eigenvalue weighted by Crippen LogP contribution is -2.47. The SMILES string of the molecule is CC(C)N1CC(NC(=O)OCC(F)F)C(F)(F)C1. The summed E-state index contributed by atoms with van der Waals surface area (Å²) in [6.07, 6.45) is -4.06. The Hall–Kier alpha value is -1.05. The van der Waals surface area contributed by atoms with Gasteiger partial charge in [-0.15, -0.1) is 0 Å². The minimum Gasteiger partial charge on any atom is -0.443 e. The van der Waals surface area contributed by atoms with E-state index in [2.05, 4.69) is 4.74 Å². The Morgan fingerprint density at radius 2 is 2.11 bits per heavy atom. The summed E-state index contributed by atoms with van der Waals surface area (Å²) in [4.78, 5) is 12.5. The molecular weight excluding hydrogens is 256 g/mol. The van der Waals surface area contributed by atoms with Crippen LogP contribution in [0.4, 0.5) is 22.4 Å². The van der Waals surface area contributed by atoms with Gasteiger partial charge in [-0.2, -0.15) is 0 Å². The Morgan fingerprint density at radius 1 is 1.50 bits per heavy atom. The smallest absolute Gasteiger partial charge is 0.407 e. The van der Waals surface area contributed by atoms with Gasteiger partial charge in [0.05, 0.1) is 6.54 Å². The molecule has 1 N–H and O–H groups in total. The number of rotatable bonds is 4. The molecule has 0 saturated carbocycles. The predicted molar refractivity (Wildman–Crippen MR) is 55.9 cm³/mol. The van der Waals surface area contributed by atoms with Gasteiger partial charge in [0, 0.05) is 12.6 Å². The van der Waals surface area contributed by atoms with E-state index in [1.807, 2.05) is 5.32 Å². The summed E-state index contributed by atoms with van der Waals surface area (Å²) < 4.78 is 54.7. The largest absolute Gasteiger partial charge is 0.443 e. The van der Waals surface area contributed by atoms with Gasteiger partial charge in [0.15, 0.2) is 6.61 Å². The third kappa shape index (κ3) is 4.01. The van der Waals surface area contributed by atoms with Crippen molar-refractivity contribution in [3.05, 3.63) is 0 Å². The molecule has 1 rings (SSSR count). The van der Waals surface area contributed by atoms with Crippen molar-refractivity contribution >= 4 is 6.09 Å². The van der Waals surface area contributed by atoms with Gasteiger partial charge in [-0.05, 0) is 13.8 Å². The first-order valence-electron chi connectivity index (χ1n) is 5.55. The van der Waals surface area contributed by atoms with E-state index in [9.17, 15) is 22.4 Å². The van der Waals surface area contributed by atoms with Gasteiger partial charge in [-0.3, -0.25) is 4.90 Å². The summed E-state index contributed by atoms with van der Waals surface area (Å²) in [5.41, 5.74) is 0. The second-order valence-electron chi connectivity index (χ2n) is 4.47. The number of alkyl carbamates (subject to hydrolysis) is 1. The molecule has 0 aromatic carbocycles. The molecule has 0 radical (unpaired) electrons. The fourth-order valence-corrected chi connectivity index (χ4v) is 1.68. The number of carbonyl (C=O) groups excluding carboxylic acids is 1. The van der Waals surface area contributed by atoms with E-state index in [4.69, 9.17) is 0 Å². The van der Waals surface area contributed by atoms with E-state index in [0.717, 1.165) is 0 Å². The molecule has 1 amide bonds. The van der Waals surface area contributed by atoms with Crippen molar-refractivity contribution < 1.29 is 27.1 Å². The van der Waals surface area contributed by atoms with Crippen LogP contribution in [0.1, 0.15) is 13.8 Å². The molecule has 1 unspecified atom stereocenters. The first-order chi connectivity index (χ1) is 8.22. The number of nitrogens with zero attached hydrogens (tertiary/aromatic N) is 1. The number of ether oxygens (including phenoxy) is 1. The zero-order chi connectivity index (χ0) is 13.9. The minimum absolute atomic E-state index is 0.0333. The van der Waals surface area contributed by atoms with Gasteiger partial charge < -0.3 is 10.1 Å². The van der Waals surface area contributed by atoms with Gasteiger partial charge in [0.2, 0.25) is 0 Å². The van der Waals surface area contributed by atoms with E-state index >= 15 is 0 Å². The van der Waals surface area contributed by atoms with Gasteiger partial charge in [0.25, 0.3) is 12.3 Å². The van der Waals surface area contributed by atoms with Crippen molar-refractivity contribution in [3.8, 4) is 0 Å². The summed E-state index contributed by atoms with van der Waals surface area (Å²) in [7, 11) is 0. The highest BCUT2D eigenvalue weighted by molar-refractivity contribution is 5.67. The van der Waals surface area contributed by atoms with Gasteiger partial charge in [-0.1, -0.05) is 0 Å². The molecule has 106 valence electrons. The third-order valence-electron chi connectivity index (χ3n) is 2.70. The van der Waals surface area contributed by atoms with Crippen LogP contribution in [0.25, 0.3) is 0 Å². The first kappa shape index (κ1) is 15.0. The highest BCUT2D eigenvalue weighted by Crippen LogP contribution is 2.28. The highest BCUT2D eigenvalue weighted by Gasteiger charge is 2.49. The van der Waals surface area contributed by atoms with Crippen LogP contribution in [0.3, 0.4) is 0 Å². The number of hydrogen-bond acceptors (Lipinski definition) is 3. The molecule has 0 aromatic rings. The van der Waals surface area contributed by atoms with Crippen LogP contribution in [0, 0.1) is 0 Å². The normalized spacial score (nSPS) is 23.7. The molecule has 0 aliphatic carbocycles. The zero-order valence-electron chi connectivity index (χ0n) is 10.1. The fraction of sp³-hybridized carbons (Fsp3) is 0.900. The summed E-state index contributed by atoms with van der Waals surface area (Å²) >= 11 is 0. The minimum atomic E-state index is -3.09. The molecule has 1 aliphatic rings. The maximum atomic E-state index is 13.5. The molecule has 4 nitrogen and oxygen atoms in total. The van der Waals surface area contributed by atoms with Crippen LogP contribution in [-0.4, -0.2) is 55.1 Å². The van der Waals surface area contributed by atoms with E-state index in [1.54, 1.807) is 13.8 Å². The van der Waals surface area contributed by atoms with E-state index < -0.39 is 37.6 Å². The van der Waals surface area contributed by atoms with E-state index in [0.29, 0.717) is 0 Å². The quantitative estimate of drug-likeness (QED) is 0.792. The molecule has 1 atom stereocenters. The van der Waals surface area contributed by atoms with Crippen molar-refractivity contribution in [1.29, 1.82) is 0 Å². The first-order valence-corrected chi connectivity index (χ1v) is 5.55. The number of halogens is 4. The van der Waals surface area contributed by atoms with Crippen LogP contribution in [0.5, 0.6) is 0 Å². The summed E-state index contributed by atoms with van der Waals surface area (Å²) in [5, 5.41) is 1.92. The summed E-state index contributed by atoms with van der Waals surface area (Å²) in [5.74, 6) is -3.09. The van der Waals surface area contributed by atoms with Gasteiger partial charge in [0.1, 0.15) is 6.04 Å². The molecule has 0 aromatic heterocycles. The topological polar surface area (TPSA) is 41.6 Å². The van der Waals surface area contributed by atoms with Crippen LogP contribution in [-0.2, 0) is 4.74 Å². The Kier molecular flexibility index (Phi) is 4.78. The fourth-order valence-electron chi connectivity index (χ4n) is 1.68. The average molecular weight is 272 g/mol. The Morgan fingerprint density at radius 3 is 2.56 bits per heavy atom. The van der Waals surface area contributed by atoms with Crippen molar-refractivity contribution in [1.82, 2.24) is 10.2 Å². The maximum absolute atomic E-state index is 13.5. The van der Waals surface area contributed by atoms with Crippen molar-refractivity contribution in [2.75, 3.05) is 19.7 Å². The molecule has 1 heterocycles. The number of amides is 1. The zero-order valence-corrected chi connectivity index (χ0v) is 10.1. The molecule has 1 fully saturated rings. The van der Waals surface area contributed by atoms with E-state index in [-0.39, 0.29) is 12.6 Å². The monoisotopic (exact) mass is 272 g/mol. The number of hydrogen-bond donors (Lipinski definition) is 1. The Labute approximate surface area is 102 Å². The molecule has 1 aliphatic heterocycles. The second kappa shape index (κ2) is 5.73. The molecule has 1 saturated heterocycles. The summed E-state index contributed by atoms with van der Waals surface area (Å²) in [6, 6.07) is -1.50. The number of carbonyl (C=O) groups is 1. The average Bonchev–Trinajstić information content (AvgIpc) is 2.52. The number of alkyl halides is 4. The Balaban J connectivity index is 2.48. The molecule has 0 bridgehead atoms. The summed E-state index contributed by atoms with van der Waals surface area (Å²) in [6.45, 7) is 1.91. The lowest BCUT2D eigenvalue weighted by atomic mass is 10.2. The lowest BCUT2D eigenvalue weighted by molar-refractivity contribution is -0.0149. The van der Waals surface area contributed by atoms with Crippen LogP contribution in [0.2, 0.25) is 0 Å². The lowest BCUT2D eigenvalue weighted by Gasteiger charge is -2.19. The van der Waals surface area contributed by atoms with E-state index in [1.165, 1.54) is 4.90 Å². The predicted octanol–water partition coefficient (Wildman–Crippen LogP) is 1.71. The molecular formula is C10H16F4N2O2. The standard InChI is InChI=1S/C10H16F4N2O2/c1-6(2)16-3-7(10(13,14)5-16)15-9(17)18-4-8(11)12/h6-8H,3-5H2,1-2H3,(H,15,17). The Bertz CT molecular complexity index is 300. The van der Waals surface area contributed by atoms with Gasteiger partial charge >= 0.3 is 6.09 Å². The van der Waals surface area contributed by atoms with Crippen LogP contribution in [0.15, 0.2) is 0 Å². The second-order valence-corrected chi connectivity index (χ2v) is 4.47. The number of nitrogens with one attached hydrogen (secondary N) is 1. The van der Waals surface area contributed by atoms with Gasteiger partial charge in [-0.25, -0.2) is 22.4 Å². The molecule has 8 heteroatoms. The third-order valence-corrected chi connectivity index (χ3v) is 2.70. The van der Waals surface area contributed by atoms with Crippen LogP contribution >= 0.6 is 0 Å².